The number of aliphatic hydroxyl groups is 2. The smallest absolute Gasteiger partial charge is 0.410 e. The fraction of sp³-hybridized carbons (Fsp3) is 0.672. The highest BCUT2D eigenvalue weighted by atomic mass is 16.6. The lowest BCUT2D eigenvalue weighted by Crippen LogP contribution is -2.61. The van der Waals surface area contributed by atoms with Crippen LogP contribution in [0.5, 0.6) is 0 Å². The molecule has 3 saturated heterocycles. The summed E-state index contributed by atoms with van der Waals surface area (Å²) in [4.78, 5) is 111. The number of anilines is 2. The first-order valence-corrected chi connectivity index (χ1v) is 31.9. The number of nitrogens with zero attached hydrogens (tertiary/aromatic N) is 8. The quantitative estimate of drug-likeness (QED) is 0.124. The SMILES string of the molecule is CO[C@H]1C[C@@H]2CC[C@@H](C)[C@@](O)(O2)C(=O)C(=O)N2CCCC[C@H]2C(=O)O[C@H]([C@H](C)C[C@@H]2CC[C@@H](OC(=O)N(C)Cc3cnc(N4CCN(c5ncc(C)cn5)CC4)nc3)[C@H](OC)C2)CC(=O)[C@H](C)/C=C(\C)[C@@H](O)[C@@H](OC)C(=O)[C@H](C)C[C@H](C)/C=C/C=C/C=C/1C. The number of piperidine rings is 1. The molecular formula is C67H98N8O14. The van der Waals surface area contributed by atoms with Gasteiger partial charge in [-0.05, 0) is 119 Å². The van der Waals surface area contributed by atoms with E-state index in [1.165, 1.54) is 16.9 Å². The van der Waals surface area contributed by atoms with Crippen LogP contribution in [0.1, 0.15) is 137 Å². The maximum absolute atomic E-state index is 14.7. The number of hydrogen-bond donors (Lipinski definition) is 2. The van der Waals surface area contributed by atoms with Gasteiger partial charge in [-0.25, -0.2) is 29.5 Å². The van der Waals surface area contributed by atoms with Gasteiger partial charge in [-0.3, -0.25) is 19.2 Å². The molecule has 22 nitrogen and oxygen atoms in total. The fourth-order valence-electron chi connectivity index (χ4n) is 13.0. The predicted molar refractivity (Wildman–Crippen MR) is 334 cm³/mol. The number of rotatable bonds is 11. The van der Waals surface area contributed by atoms with E-state index in [0.29, 0.717) is 94.8 Å². The normalized spacial score (nSPS) is 33.6. The number of aliphatic hydroxyl groups excluding tert-OH is 1. The molecule has 0 aromatic carbocycles. The molecule has 1 saturated carbocycles. The maximum atomic E-state index is 14.7. The van der Waals surface area contributed by atoms with Gasteiger partial charge in [0.2, 0.25) is 17.7 Å². The molecule has 0 radical (unpaired) electrons. The number of amides is 2. The molecule has 0 unspecified atom stereocenters. The van der Waals surface area contributed by atoms with Crippen LogP contribution in [0.3, 0.4) is 0 Å². The molecule has 2 N–H and O–H groups in total. The van der Waals surface area contributed by atoms with Gasteiger partial charge in [0, 0.05) is 122 Å². The number of esters is 1. The summed E-state index contributed by atoms with van der Waals surface area (Å²) in [5, 5.41) is 23.7. The molecule has 15 atom stereocenters. The van der Waals surface area contributed by atoms with Crippen molar-refractivity contribution in [2.75, 3.05) is 70.9 Å². The molecule has 22 heteroatoms. The number of hydrogen-bond acceptors (Lipinski definition) is 20. The van der Waals surface area contributed by atoms with E-state index in [0.717, 1.165) is 29.8 Å². The summed E-state index contributed by atoms with van der Waals surface area (Å²) in [6, 6.07) is -1.20. The highest BCUT2D eigenvalue weighted by Crippen LogP contribution is 2.38. The van der Waals surface area contributed by atoms with E-state index in [9.17, 15) is 39.0 Å². The zero-order chi connectivity index (χ0) is 64.7. The Morgan fingerprint density at radius 3 is 2.08 bits per heavy atom. The highest BCUT2D eigenvalue weighted by Gasteiger charge is 2.53. The number of fused-ring (bicyclic) bond motifs is 3. The van der Waals surface area contributed by atoms with Crippen LogP contribution in [0, 0.1) is 42.4 Å². The summed E-state index contributed by atoms with van der Waals surface area (Å²) in [6.45, 7) is 17.7. The summed E-state index contributed by atoms with van der Waals surface area (Å²) in [5.74, 6) is -7.21. The number of ether oxygens (including phenoxy) is 6. The summed E-state index contributed by atoms with van der Waals surface area (Å²) < 4.78 is 36.2. The molecule has 0 spiro atoms. The number of carbonyl (C=O) groups excluding carboxylic acids is 6. The number of aryl methyl sites for hydroxylation is 1. The Labute approximate surface area is 525 Å². The van der Waals surface area contributed by atoms with Gasteiger partial charge in [0.15, 0.2) is 5.78 Å². The number of aromatic nitrogens is 4. The van der Waals surface area contributed by atoms with Gasteiger partial charge in [0.25, 0.3) is 11.7 Å². The summed E-state index contributed by atoms with van der Waals surface area (Å²) >= 11 is 0. The second-order valence-electron chi connectivity index (χ2n) is 25.7. The van der Waals surface area contributed by atoms with Gasteiger partial charge in [-0.15, -0.1) is 0 Å². The Balaban J connectivity index is 1.05. The zero-order valence-electron chi connectivity index (χ0n) is 54.5. The molecule has 5 aliphatic rings. The van der Waals surface area contributed by atoms with Crippen molar-refractivity contribution >= 4 is 47.2 Å². The fourth-order valence-corrected chi connectivity index (χ4v) is 13.0. The lowest BCUT2D eigenvalue weighted by molar-refractivity contribution is -0.265. The second-order valence-corrected chi connectivity index (χ2v) is 25.7. The number of methoxy groups -OCH3 is 3. The van der Waals surface area contributed by atoms with Gasteiger partial charge >= 0.3 is 12.1 Å². The molecule has 2 aromatic rings. The molecule has 1 aliphatic carbocycles. The lowest BCUT2D eigenvalue weighted by Gasteiger charge is -2.42. The molecule has 2 amide bonds. The van der Waals surface area contributed by atoms with E-state index < -0.39 is 102 Å². The van der Waals surface area contributed by atoms with Gasteiger partial charge in [0.1, 0.15) is 36.2 Å². The number of ketones is 3. The average molecular weight is 1240 g/mol. The average Bonchev–Trinajstić information content (AvgIpc) is 2.46. The standard InChI is InChI=1S/C67H98N8O14/c1-41-18-14-13-15-19-43(3)55(84-10)34-51-23-21-48(8)67(83,89-51)61(79)62(80)75-25-17-16-20-52(75)63(81)87-56(35-53(76)44(4)31-47(7)59(78)60(86-12)58(77)46(6)30-41)45(5)32-49-22-24-54(57(33-49)85-11)88-66(82)72(9)40-50-38-70-65(71-39-50)74-28-26-73(27-29-74)64-68-36-42(2)37-69-64/h13-15,18-19,31,36-39,41,44-46,48-49,51-52,54-57,59-60,78,83H,16-17,20-30,32-35,40H2,1-12H3/b15-13+,18-14+,43-19+,47-31+/t41-,44-,45-,46-,48-,49+,51+,52+,54-,55+,56+,57-,59-,60+,67-/m1/s1. The zero-order valence-corrected chi connectivity index (χ0v) is 54.5. The molecule has 6 heterocycles. The Hall–Kier alpha value is -6.30. The first-order chi connectivity index (χ1) is 42.4. The van der Waals surface area contributed by atoms with Crippen molar-refractivity contribution in [3.8, 4) is 0 Å². The van der Waals surface area contributed by atoms with Crippen molar-refractivity contribution < 1.29 is 67.4 Å². The van der Waals surface area contributed by atoms with Crippen LogP contribution in [-0.4, -0.2) is 191 Å². The van der Waals surface area contributed by atoms with E-state index in [4.69, 9.17) is 28.4 Å². The minimum atomic E-state index is -2.47. The Bertz CT molecular complexity index is 2840. The summed E-state index contributed by atoms with van der Waals surface area (Å²) in [5.41, 5.74) is 2.96. The second kappa shape index (κ2) is 32.6. The van der Waals surface area contributed by atoms with Crippen LogP contribution in [-0.2, 0) is 58.9 Å². The molecule has 89 heavy (non-hydrogen) atoms. The summed E-state index contributed by atoms with van der Waals surface area (Å²) in [7, 11) is 6.18. The van der Waals surface area contributed by atoms with Crippen LogP contribution < -0.4 is 9.80 Å². The Kier molecular flexibility index (Phi) is 25.7. The molecule has 2 aromatic heterocycles. The molecule has 2 bridgehead atoms. The van der Waals surface area contributed by atoms with Crippen LogP contribution >= 0.6 is 0 Å². The van der Waals surface area contributed by atoms with Gasteiger partial charge < -0.3 is 58.2 Å². The number of cyclic esters (lactones) is 1. The van der Waals surface area contributed by atoms with Gasteiger partial charge in [0.05, 0.1) is 24.9 Å². The van der Waals surface area contributed by atoms with E-state index in [2.05, 4.69) is 29.7 Å². The van der Waals surface area contributed by atoms with Crippen LogP contribution in [0.25, 0.3) is 0 Å². The Morgan fingerprint density at radius 1 is 0.775 bits per heavy atom. The van der Waals surface area contributed by atoms with E-state index >= 15 is 0 Å². The third-order valence-electron chi connectivity index (χ3n) is 18.7. The first-order valence-electron chi connectivity index (χ1n) is 31.9. The number of allylic oxidation sites excluding steroid dienone is 6. The lowest BCUT2D eigenvalue weighted by atomic mass is 9.78. The number of piperazine rings is 1. The molecular weight excluding hydrogens is 1140 g/mol. The number of Topliss-reactive ketones (excluding diaryl/α,β-unsaturated/α-hetero) is 3. The Morgan fingerprint density at radius 2 is 1.44 bits per heavy atom. The predicted octanol–water partition coefficient (Wildman–Crippen LogP) is 7.67. The van der Waals surface area contributed by atoms with Crippen molar-refractivity contribution in [3.63, 3.8) is 0 Å². The van der Waals surface area contributed by atoms with Crippen LogP contribution in [0.15, 0.2) is 72.4 Å². The van der Waals surface area contributed by atoms with Crippen molar-refractivity contribution in [2.45, 2.75) is 194 Å². The third-order valence-corrected chi connectivity index (χ3v) is 18.7. The third kappa shape index (κ3) is 18.5. The summed E-state index contributed by atoms with van der Waals surface area (Å²) in [6.07, 6.45) is 16.8. The maximum Gasteiger partial charge on any atom is 0.410 e. The van der Waals surface area contributed by atoms with Crippen LogP contribution in [0.2, 0.25) is 0 Å². The molecule has 4 fully saturated rings. The van der Waals surface area contributed by atoms with E-state index in [-0.39, 0.29) is 49.3 Å². The van der Waals surface area contributed by atoms with Crippen molar-refractivity contribution in [1.29, 1.82) is 0 Å². The van der Waals surface area contributed by atoms with E-state index in [1.807, 2.05) is 77.4 Å². The van der Waals surface area contributed by atoms with E-state index in [1.54, 1.807) is 60.5 Å². The first kappa shape index (κ1) is 70.2. The van der Waals surface area contributed by atoms with Crippen molar-refractivity contribution in [3.05, 3.63) is 83.5 Å². The topological polar surface area (TPSA) is 263 Å². The van der Waals surface area contributed by atoms with Crippen LogP contribution in [0.4, 0.5) is 16.7 Å². The molecule has 7 rings (SSSR count). The monoisotopic (exact) mass is 1240 g/mol. The van der Waals surface area contributed by atoms with Gasteiger partial charge in [-0.1, -0.05) is 71.1 Å². The number of carbonyl (C=O) groups is 6. The van der Waals surface area contributed by atoms with Gasteiger partial charge in [-0.2, -0.15) is 0 Å². The molecule has 490 valence electrons. The minimum Gasteiger partial charge on any atom is -0.460 e. The molecule has 4 aliphatic heterocycles. The van der Waals surface area contributed by atoms with Crippen molar-refractivity contribution in [1.82, 2.24) is 29.7 Å². The van der Waals surface area contributed by atoms with Crippen molar-refractivity contribution in [2.24, 2.45) is 35.5 Å². The highest BCUT2D eigenvalue weighted by molar-refractivity contribution is 6.39. The minimum absolute atomic E-state index is 0.00759. The largest absolute Gasteiger partial charge is 0.460 e.